The molecule has 4 heteroatoms. The average molecular weight is 669 g/mol. The van der Waals surface area contributed by atoms with E-state index in [1.165, 1.54) is 49.9 Å². The van der Waals surface area contributed by atoms with E-state index in [1.807, 2.05) is 6.20 Å². The van der Waals surface area contributed by atoms with Crippen molar-refractivity contribution in [3.8, 4) is 67.7 Å². The molecule has 2 heterocycles. The minimum Gasteiger partial charge on any atom is -0.256 e. The molecular formula is C48H36N4. The summed E-state index contributed by atoms with van der Waals surface area (Å²) in [6.45, 7) is 9.24. The van der Waals surface area contributed by atoms with E-state index in [4.69, 9.17) is 19.9 Å². The fourth-order valence-electron chi connectivity index (χ4n) is 8.67. The second-order valence-electron chi connectivity index (χ2n) is 15.1. The first-order chi connectivity index (χ1) is 25.3. The van der Waals surface area contributed by atoms with Gasteiger partial charge in [-0.05, 0) is 62.0 Å². The molecule has 0 N–H and O–H groups in total. The predicted octanol–water partition coefficient (Wildman–Crippen LogP) is 11.7. The summed E-state index contributed by atoms with van der Waals surface area (Å²) in [5, 5.41) is 2.30. The van der Waals surface area contributed by atoms with Gasteiger partial charge in [0.15, 0.2) is 17.5 Å². The first-order valence-corrected chi connectivity index (χ1v) is 18.0. The minimum absolute atomic E-state index is 0.132. The fourth-order valence-corrected chi connectivity index (χ4v) is 8.67. The van der Waals surface area contributed by atoms with E-state index in [-0.39, 0.29) is 10.8 Å². The summed E-state index contributed by atoms with van der Waals surface area (Å²) in [5.41, 5.74) is 14.9. The molecule has 4 nitrogen and oxygen atoms in total. The van der Waals surface area contributed by atoms with Crippen molar-refractivity contribution in [2.75, 3.05) is 0 Å². The SMILES string of the molecule is CC1(C)c2ccccc2-c2ccc(-c3nc(-c4ccc(-c5nccc6ccccc56)cc4)nc(-c4cccc5c4-c4ccccc4C5(C)C)n3)cc21. The normalized spacial score (nSPS) is 14.5. The first kappa shape index (κ1) is 30.6. The van der Waals surface area contributed by atoms with Crippen LogP contribution in [-0.4, -0.2) is 19.9 Å². The molecular weight excluding hydrogens is 633 g/mol. The lowest BCUT2D eigenvalue weighted by Crippen LogP contribution is -2.15. The minimum atomic E-state index is -0.137. The Balaban J connectivity index is 1.16. The number of rotatable bonds is 4. The summed E-state index contributed by atoms with van der Waals surface area (Å²) in [7, 11) is 0. The van der Waals surface area contributed by atoms with Gasteiger partial charge >= 0.3 is 0 Å². The Bertz CT molecular complexity index is 2730. The molecule has 0 fully saturated rings. The molecule has 0 aliphatic heterocycles. The van der Waals surface area contributed by atoms with Crippen molar-refractivity contribution in [1.82, 2.24) is 19.9 Å². The van der Waals surface area contributed by atoms with Crippen LogP contribution in [0.4, 0.5) is 0 Å². The molecule has 0 spiro atoms. The van der Waals surface area contributed by atoms with Crippen molar-refractivity contribution in [1.29, 1.82) is 0 Å². The zero-order chi connectivity index (χ0) is 35.2. The summed E-state index contributed by atoms with van der Waals surface area (Å²) in [4.78, 5) is 20.5. The van der Waals surface area contributed by atoms with Gasteiger partial charge in [0, 0.05) is 44.7 Å². The standard InChI is InChI=1S/C48H36N4/c1-47(2)39-18-10-8-15-36(39)42-37(16-11-19-40(42)47)46-51-44(31-22-20-30(21-23-31)43-33-13-6-5-12-29(33)26-27-49-43)50-45(52-46)32-24-25-35-34-14-7-9-17-38(34)48(3,4)41(35)28-32/h5-28H,1-4H3. The monoisotopic (exact) mass is 668 g/mol. The second-order valence-corrected chi connectivity index (χ2v) is 15.1. The fraction of sp³-hybridized carbons (Fsp3) is 0.125. The molecule has 6 aromatic carbocycles. The van der Waals surface area contributed by atoms with Crippen LogP contribution in [-0.2, 0) is 10.8 Å². The Hall–Kier alpha value is -6.26. The van der Waals surface area contributed by atoms with Gasteiger partial charge in [0.25, 0.3) is 0 Å². The number of fused-ring (bicyclic) bond motifs is 7. The zero-order valence-corrected chi connectivity index (χ0v) is 29.6. The molecule has 2 aliphatic carbocycles. The second kappa shape index (κ2) is 11.1. The zero-order valence-electron chi connectivity index (χ0n) is 29.6. The van der Waals surface area contributed by atoms with Crippen molar-refractivity contribution in [3.05, 3.63) is 168 Å². The molecule has 10 rings (SSSR count). The maximum atomic E-state index is 5.29. The van der Waals surface area contributed by atoms with Gasteiger partial charge in [-0.15, -0.1) is 0 Å². The van der Waals surface area contributed by atoms with E-state index in [0.717, 1.165) is 33.3 Å². The molecule has 0 saturated heterocycles. The summed E-state index contributed by atoms with van der Waals surface area (Å²) in [6, 6.07) is 49.7. The van der Waals surface area contributed by atoms with Crippen molar-refractivity contribution in [2.45, 2.75) is 38.5 Å². The highest BCUT2D eigenvalue weighted by molar-refractivity contribution is 5.95. The van der Waals surface area contributed by atoms with Gasteiger partial charge in [-0.25, -0.2) is 15.0 Å². The van der Waals surface area contributed by atoms with Gasteiger partial charge in [0.05, 0.1) is 5.69 Å². The smallest absolute Gasteiger partial charge is 0.164 e. The Kier molecular flexibility index (Phi) is 6.53. The highest BCUT2D eigenvalue weighted by Gasteiger charge is 2.38. The van der Waals surface area contributed by atoms with Crippen molar-refractivity contribution in [3.63, 3.8) is 0 Å². The van der Waals surface area contributed by atoms with Crippen LogP contribution in [0.25, 0.3) is 78.4 Å². The van der Waals surface area contributed by atoms with E-state index in [9.17, 15) is 0 Å². The third-order valence-electron chi connectivity index (χ3n) is 11.4. The lowest BCUT2D eigenvalue weighted by molar-refractivity contribution is 0.660. The summed E-state index contributed by atoms with van der Waals surface area (Å²) < 4.78 is 0. The third-order valence-corrected chi connectivity index (χ3v) is 11.4. The Morgan fingerprint density at radius 2 is 0.962 bits per heavy atom. The van der Waals surface area contributed by atoms with Gasteiger partial charge in [0.1, 0.15) is 0 Å². The van der Waals surface area contributed by atoms with Gasteiger partial charge in [-0.3, -0.25) is 4.98 Å². The first-order valence-electron chi connectivity index (χ1n) is 18.0. The average Bonchev–Trinajstić information content (AvgIpc) is 3.57. The van der Waals surface area contributed by atoms with E-state index in [2.05, 4.69) is 167 Å². The molecule has 0 radical (unpaired) electrons. The molecule has 8 aromatic rings. The van der Waals surface area contributed by atoms with E-state index in [1.54, 1.807) is 0 Å². The Morgan fingerprint density at radius 1 is 0.404 bits per heavy atom. The molecule has 0 atom stereocenters. The summed E-state index contributed by atoms with van der Waals surface area (Å²) in [6.07, 6.45) is 1.88. The maximum absolute atomic E-state index is 5.29. The molecule has 2 aromatic heterocycles. The van der Waals surface area contributed by atoms with Crippen molar-refractivity contribution in [2.24, 2.45) is 0 Å². The van der Waals surface area contributed by atoms with E-state index < -0.39 is 0 Å². The van der Waals surface area contributed by atoms with Crippen LogP contribution < -0.4 is 0 Å². The lowest BCUT2D eigenvalue weighted by atomic mass is 9.82. The summed E-state index contributed by atoms with van der Waals surface area (Å²) >= 11 is 0. The van der Waals surface area contributed by atoms with Crippen LogP contribution in [0, 0.1) is 0 Å². The van der Waals surface area contributed by atoms with Crippen molar-refractivity contribution >= 4 is 10.8 Å². The molecule has 52 heavy (non-hydrogen) atoms. The molecule has 0 unspecified atom stereocenters. The quantitative estimate of drug-likeness (QED) is 0.187. The highest BCUT2D eigenvalue weighted by atomic mass is 15.0. The maximum Gasteiger partial charge on any atom is 0.164 e. The number of pyridine rings is 1. The van der Waals surface area contributed by atoms with E-state index in [0.29, 0.717) is 17.5 Å². The van der Waals surface area contributed by atoms with Crippen LogP contribution in [0.2, 0.25) is 0 Å². The van der Waals surface area contributed by atoms with Crippen LogP contribution in [0.15, 0.2) is 146 Å². The lowest BCUT2D eigenvalue weighted by Gasteiger charge is -2.22. The number of hydrogen-bond donors (Lipinski definition) is 0. The predicted molar refractivity (Wildman–Crippen MR) is 212 cm³/mol. The molecule has 248 valence electrons. The van der Waals surface area contributed by atoms with Crippen LogP contribution in [0.1, 0.15) is 49.9 Å². The molecule has 0 saturated carbocycles. The van der Waals surface area contributed by atoms with Gasteiger partial charge in [0.2, 0.25) is 0 Å². The van der Waals surface area contributed by atoms with Gasteiger partial charge in [-0.2, -0.15) is 0 Å². The largest absolute Gasteiger partial charge is 0.256 e. The van der Waals surface area contributed by atoms with Crippen LogP contribution in [0.3, 0.4) is 0 Å². The molecule has 0 amide bonds. The third kappa shape index (κ3) is 4.47. The number of benzene rings is 6. The molecule has 0 bridgehead atoms. The Morgan fingerprint density at radius 3 is 1.77 bits per heavy atom. The van der Waals surface area contributed by atoms with Gasteiger partial charge in [-0.1, -0.05) is 155 Å². The van der Waals surface area contributed by atoms with Crippen LogP contribution >= 0.6 is 0 Å². The summed E-state index contributed by atoms with van der Waals surface area (Å²) in [5.74, 6) is 1.98. The number of aromatic nitrogens is 4. The van der Waals surface area contributed by atoms with Crippen molar-refractivity contribution < 1.29 is 0 Å². The number of nitrogens with zero attached hydrogens (tertiary/aromatic N) is 4. The van der Waals surface area contributed by atoms with Crippen LogP contribution in [0.5, 0.6) is 0 Å². The molecule has 2 aliphatic rings. The number of hydrogen-bond acceptors (Lipinski definition) is 4. The Labute approximate surface area is 304 Å². The topological polar surface area (TPSA) is 51.6 Å². The highest BCUT2D eigenvalue weighted by Crippen LogP contribution is 2.52. The van der Waals surface area contributed by atoms with Gasteiger partial charge < -0.3 is 0 Å². The van der Waals surface area contributed by atoms with E-state index >= 15 is 0 Å².